The molecular weight excluding hydrogens is 404 g/mol. The van der Waals surface area contributed by atoms with Crippen molar-refractivity contribution >= 4 is 10.9 Å². The first-order valence-electron chi connectivity index (χ1n) is 10.3. The van der Waals surface area contributed by atoms with E-state index in [1.165, 1.54) is 0 Å². The molecule has 0 aromatic carbocycles. The number of hydrogen-bond acceptors (Lipinski definition) is 7. The van der Waals surface area contributed by atoms with Crippen LogP contribution in [-0.2, 0) is 19.2 Å². The molecule has 0 radical (unpaired) electrons. The zero-order valence-electron chi connectivity index (χ0n) is 17.5. The van der Waals surface area contributed by atoms with E-state index < -0.39 is 5.54 Å². The minimum atomic E-state index is -0.452. The van der Waals surface area contributed by atoms with Gasteiger partial charge in [0.2, 0.25) is 0 Å². The molecule has 0 unspecified atom stereocenters. The standard InChI is InChI=1S/C23H20N8O/c1-30-13-17(21(14-32)28-30)20-9-19-16(3-2-7-26-19)22(27-20)18-4-8-31(29-18)23(5-6-24)10-15(11-23)12-25/h2-4,7-9,13,15,32H,5,10-11,14H2,1H3. The van der Waals surface area contributed by atoms with Gasteiger partial charge in [-0.05, 0) is 37.1 Å². The summed E-state index contributed by atoms with van der Waals surface area (Å²) in [5.41, 5.74) is 3.56. The second-order valence-corrected chi connectivity index (χ2v) is 8.19. The molecule has 9 heteroatoms. The lowest BCUT2D eigenvalue weighted by Crippen LogP contribution is -2.46. The van der Waals surface area contributed by atoms with E-state index in [9.17, 15) is 15.6 Å². The maximum atomic E-state index is 9.73. The maximum Gasteiger partial charge on any atom is 0.111 e. The van der Waals surface area contributed by atoms with Crippen molar-refractivity contribution in [2.24, 2.45) is 13.0 Å². The van der Waals surface area contributed by atoms with Gasteiger partial charge in [-0.3, -0.25) is 14.3 Å². The van der Waals surface area contributed by atoms with Gasteiger partial charge in [0.1, 0.15) is 11.4 Å². The van der Waals surface area contributed by atoms with Crippen LogP contribution in [0, 0.1) is 28.6 Å². The monoisotopic (exact) mass is 424 g/mol. The first-order chi connectivity index (χ1) is 15.6. The van der Waals surface area contributed by atoms with Crippen molar-refractivity contribution in [1.82, 2.24) is 29.5 Å². The Balaban J connectivity index is 1.64. The number of aliphatic hydroxyl groups excluding tert-OH is 1. The molecule has 5 rings (SSSR count). The molecule has 1 aliphatic rings. The van der Waals surface area contributed by atoms with Crippen molar-refractivity contribution in [3.8, 4) is 34.8 Å². The van der Waals surface area contributed by atoms with Crippen LogP contribution in [0.2, 0.25) is 0 Å². The average Bonchev–Trinajstić information content (AvgIpc) is 3.42. The van der Waals surface area contributed by atoms with E-state index in [2.05, 4.69) is 22.2 Å². The van der Waals surface area contributed by atoms with Gasteiger partial charge in [0.15, 0.2) is 0 Å². The Morgan fingerprint density at radius 1 is 1.22 bits per heavy atom. The summed E-state index contributed by atoms with van der Waals surface area (Å²) in [5.74, 6) is -0.0510. The Bertz CT molecular complexity index is 1400. The molecule has 32 heavy (non-hydrogen) atoms. The summed E-state index contributed by atoms with van der Waals surface area (Å²) in [6.45, 7) is -0.196. The van der Waals surface area contributed by atoms with Crippen LogP contribution < -0.4 is 0 Å². The Morgan fingerprint density at radius 3 is 2.81 bits per heavy atom. The van der Waals surface area contributed by atoms with Crippen LogP contribution in [0.3, 0.4) is 0 Å². The number of aromatic nitrogens is 6. The van der Waals surface area contributed by atoms with Gasteiger partial charge in [-0.1, -0.05) is 0 Å². The molecule has 4 aromatic rings. The Labute approximate surface area is 184 Å². The SMILES string of the molecule is Cn1cc(-c2cc3ncccc3c(-c3ccn(C4(CC#N)CC(C#N)C4)n3)n2)c(CO)n1. The van der Waals surface area contributed by atoms with Gasteiger partial charge < -0.3 is 5.11 Å². The molecule has 158 valence electrons. The molecule has 1 aliphatic carbocycles. The third-order valence-corrected chi connectivity index (χ3v) is 6.09. The van der Waals surface area contributed by atoms with Crippen molar-refractivity contribution in [3.63, 3.8) is 0 Å². The minimum Gasteiger partial charge on any atom is -0.390 e. The molecule has 0 aliphatic heterocycles. The summed E-state index contributed by atoms with van der Waals surface area (Å²) in [7, 11) is 1.80. The van der Waals surface area contributed by atoms with Crippen LogP contribution in [0.1, 0.15) is 25.0 Å². The molecule has 0 spiro atoms. The lowest BCUT2D eigenvalue weighted by molar-refractivity contribution is 0.0884. The summed E-state index contributed by atoms with van der Waals surface area (Å²) in [4.78, 5) is 9.39. The molecule has 4 aromatic heterocycles. The lowest BCUT2D eigenvalue weighted by atomic mass is 9.67. The van der Waals surface area contributed by atoms with E-state index in [1.807, 2.05) is 41.3 Å². The summed E-state index contributed by atoms with van der Waals surface area (Å²) in [5, 5.41) is 38.2. The van der Waals surface area contributed by atoms with Crippen molar-refractivity contribution in [2.75, 3.05) is 0 Å². The number of rotatable bonds is 5. The van der Waals surface area contributed by atoms with Crippen LogP contribution in [0.4, 0.5) is 0 Å². The predicted octanol–water partition coefficient (Wildman–Crippen LogP) is 2.93. The molecular formula is C23H20N8O. The summed E-state index contributed by atoms with van der Waals surface area (Å²) < 4.78 is 3.46. The van der Waals surface area contributed by atoms with E-state index in [1.54, 1.807) is 17.9 Å². The van der Waals surface area contributed by atoms with E-state index in [4.69, 9.17) is 10.1 Å². The summed E-state index contributed by atoms with van der Waals surface area (Å²) >= 11 is 0. The van der Waals surface area contributed by atoms with Crippen LogP contribution in [-0.4, -0.2) is 34.6 Å². The molecule has 0 bridgehead atoms. The third-order valence-electron chi connectivity index (χ3n) is 6.09. The zero-order valence-corrected chi connectivity index (χ0v) is 17.5. The van der Waals surface area contributed by atoms with Gasteiger partial charge in [0.25, 0.3) is 0 Å². The van der Waals surface area contributed by atoms with E-state index >= 15 is 0 Å². The quantitative estimate of drug-likeness (QED) is 0.521. The first-order valence-corrected chi connectivity index (χ1v) is 10.3. The second kappa shape index (κ2) is 7.56. The number of fused-ring (bicyclic) bond motifs is 1. The van der Waals surface area contributed by atoms with Gasteiger partial charge in [-0.25, -0.2) is 4.98 Å². The highest BCUT2D eigenvalue weighted by Gasteiger charge is 2.46. The minimum absolute atomic E-state index is 0.0510. The first kappa shape index (κ1) is 19.9. The highest BCUT2D eigenvalue weighted by atomic mass is 16.3. The van der Waals surface area contributed by atoms with Crippen molar-refractivity contribution in [2.45, 2.75) is 31.4 Å². The number of nitrogens with zero attached hydrogens (tertiary/aromatic N) is 8. The van der Waals surface area contributed by atoms with E-state index in [0.717, 1.165) is 16.5 Å². The molecule has 9 nitrogen and oxygen atoms in total. The van der Waals surface area contributed by atoms with Gasteiger partial charge >= 0.3 is 0 Å². The van der Waals surface area contributed by atoms with Gasteiger partial charge in [0, 0.05) is 36.6 Å². The van der Waals surface area contributed by atoms with Crippen molar-refractivity contribution in [1.29, 1.82) is 10.5 Å². The number of nitriles is 2. The Kier molecular flexibility index (Phi) is 4.69. The normalized spacial score (nSPS) is 19.9. The molecule has 4 heterocycles. The third kappa shape index (κ3) is 3.11. The Morgan fingerprint density at radius 2 is 2.06 bits per heavy atom. The number of aryl methyl sites for hydroxylation is 1. The number of hydrogen-bond donors (Lipinski definition) is 1. The predicted molar refractivity (Wildman–Crippen MR) is 115 cm³/mol. The topological polar surface area (TPSA) is 129 Å². The highest BCUT2D eigenvalue weighted by molar-refractivity contribution is 5.93. The molecule has 0 saturated heterocycles. The van der Waals surface area contributed by atoms with Crippen LogP contribution >= 0.6 is 0 Å². The van der Waals surface area contributed by atoms with E-state index in [0.29, 0.717) is 42.0 Å². The number of pyridine rings is 2. The highest BCUT2D eigenvalue weighted by Crippen LogP contribution is 2.46. The second-order valence-electron chi connectivity index (χ2n) is 8.19. The molecule has 1 saturated carbocycles. The van der Waals surface area contributed by atoms with Crippen LogP contribution in [0.5, 0.6) is 0 Å². The molecule has 1 fully saturated rings. The largest absolute Gasteiger partial charge is 0.390 e. The molecule has 0 amide bonds. The Hall–Kier alpha value is -4.08. The fraction of sp³-hybridized carbons (Fsp3) is 0.304. The van der Waals surface area contributed by atoms with Crippen LogP contribution in [0.25, 0.3) is 33.5 Å². The van der Waals surface area contributed by atoms with Gasteiger partial charge in [0.05, 0.1) is 53.5 Å². The average molecular weight is 424 g/mol. The van der Waals surface area contributed by atoms with Crippen molar-refractivity contribution < 1.29 is 5.11 Å². The van der Waals surface area contributed by atoms with Gasteiger partial charge in [-0.2, -0.15) is 20.7 Å². The number of aliphatic hydroxyl groups is 1. The summed E-state index contributed by atoms with van der Waals surface area (Å²) in [6, 6.07) is 12.1. The fourth-order valence-electron chi connectivity index (χ4n) is 4.50. The van der Waals surface area contributed by atoms with Gasteiger partial charge in [-0.15, -0.1) is 0 Å². The summed E-state index contributed by atoms with van der Waals surface area (Å²) in [6.07, 6.45) is 6.94. The fourth-order valence-corrected chi connectivity index (χ4v) is 4.50. The van der Waals surface area contributed by atoms with E-state index in [-0.39, 0.29) is 12.5 Å². The molecule has 1 N–H and O–H groups in total. The van der Waals surface area contributed by atoms with Crippen molar-refractivity contribution in [3.05, 3.63) is 48.5 Å². The maximum absolute atomic E-state index is 9.73. The zero-order chi connectivity index (χ0) is 22.3. The van der Waals surface area contributed by atoms with Crippen LogP contribution in [0.15, 0.2) is 42.9 Å². The lowest BCUT2D eigenvalue weighted by Gasteiger charge is -2.43. The molecule has 0 atom stereocenters. The smallest absolute Gasteiger partial charge is 0.111 e.